The molecule has 0 saturated carbocycles. The number of benzene rings is 2. The van der Waals surface area contributed by atoms with Crippen LogP contribution >= 0.6 is 0 Å². The molecule has 2 aliphatic rings. The average Bonchev–Trinajstić information content (AvgIpc) is 2.69. The number of carbonyl (C=O) groups is 3. The third-order valence-electron chi connectivity index (χ3n) is 5.53. The van der Waals surface area contributed by atoms with Crippen molar-refractivity contribution in [1.82, 2.24) is 9.80 Å². The van der Waals surface area contributed by atoms with Crippen LogP contribution in [0.4, 0.5) is 0 Å². The van der Waals surface area contributed by atoms with Gasteiger partial charge in [0.15, 0.2) is 0 Å². The molecule has 4 rings (SSSR count). The molecule has 27 heavy (non-hydrogen) atoms. The Hall–Kier alpha value is -3.15. The highest BCUT2D eigenvalue weighted by molar-refractivity contribution is 6.01. The molecule has 2 N–H and O–H groups in total. The maximum atomic E-state index is 13.5. The summed E-state index contributed by atoms with van der Waals surface area (Å²) in [6, 6.07) is 14.3. The van der Waals surface area contributed by atoms with Crippen LogP contribution in [0.1, 0.15) is 33.0 Å². The van der Waals surface area contributed by atoms with Crippen LogP contribution in [0.25, 0.3) is 0 Å². The summed E-state index contributed by atoms with van der Waals surface area (Å²) in [5.41, 5.74) is 8.95. The van der Waals surface area contributed by atoms with E-state index in [2.05, 4.69) is 0 Å². The van der Waals surface area contributed by atoms with E-state index in [1.54, 1.807) is 29.0 Å². The third-order valence-corrected chi connectivity index (χ3v) is 5.53. The number of likely N-dealkylation sites (N-methyl/N-ethyl adjacent to an activating group) is 1. The average molecular weight is 363 g/mol. The van der Waals surface area contributed by atoms with E-state index in [4.69, 9.17) is 5.73 Å². The number of rotatable bonds is 2. The molecular formula is C21H21N3O3. The van der Waals surface area contributed by atoms with Crippen LogP contribution in [0.2, 0.25) is 0 Å². The van der Waals surface area contributed by atoms with Crippen molar-refractivity contribution >= 4 is 17.7 Å². The number of hydrogen-bond acceptors (Lipinski definition) is 3. The highest BCUT2D eigenvalue weighted by atomic mass is 16.2. The molecule has 3 amide bonds. The van der Waals surface area contributed by atoms with Crippen LogP contribution in [0.3, 0.4) is 0 Å². The molecule has 0 fully saturated rings. The zero-order valence-electron chi connectivity index (χ0n) is 15.1. The van der Waals surface area contributed by atoms with E-state index < -0.39 is 17.9 Å². The lowest BCUT2D eigenvalue weighted by Gasteiger charge is -2.39. The molecule has 1 unspecified atom stereocenters. The zero-order chi connectivity index (χ0) is 19.1. The number of nitrogens with zero attached hydrogens (tertiary/aromatic N) is 2. The fourth-order valence-electron chi connectivity index (χ4n) is 4.08. The third kappa shape index (κ3) is 2.87. The summed E-state index contributed by atoms with van der Waals surface area (Å²) in [4.78, 5) is 41.1. The molecule has 6 heteroatoms. The summed E-state index contributed by atoms with van der Waals surface area (Å²) in [5.74, 6) is -1.27. The topological polar surface area (TPSA) is 83.7 Å². The standard InChI is InChI=1S/C21H21N3O3/c1-23-12-17(15-8-4-5-9-16(15)20(23)26)21(27)24-11-14-7-3-2-6-13(14)10-18(24)19(22)25/h2-9,17-18H,10-12H2,1H3,(H2,22,25)/t17?,18-/m0/s1. The molecule has 0 aromatic heterocycles. The van der Waals surface area contributed by atoms with E-state index in [0.29, 0.717) is 24.1 Å². The second-order valence-corrected chi connectivity index (χ2v) is 7.18. The summed E-state index contributed by atoms with van der Waals surface area (Å²) in [7, 11) is 1.69. The van der Waals surface area contributed by atoms with E-state index >= 15 is 0 Å². The Labute approximate surface area is 157 Å². The Balaban J connectivity index is 1.72. The summed E-state index contributed by atoms with van der Waals surface area (Å²) >= 11 is 0. The Morgan fingerprint density at radius 2 is 1.70 bits per heavy atom. The first-order valence-electron chi connectivity index (χ1n) is 8.98. The first kappa shape index (κ1) is 17.3. The van der Waals surface area contributed by atoms with Crippen molar-refractivity contribution in [3.05, 3.63) is 70.8 Å². The maximum Gasteiger partial charge on any atom is 0.253 e. The Morgan fingerprint density at radius 1 is 1.04 bits per heavy atom. The zero-order valence-corrected chi connectivity index (χ0v) is 15.1. The van der Waals surface area contributed by atoms with Crippen LogP contribution in [0.5, 0.6) is 0 Å². The Bertz CT molecular complexity index is 940. The van der Waals surface area contributed by atoms with Crippen LogP contribution in [0.15, 0.2) is 48.5 Å². The van der Waals surface area contributed by atoms with Gasteiger partial charge >= 0.3 is 0 Å². The predicted octanol–water partition coefficient (Wildman–Crippen LogP) is 1.29. The smallest absolute Gasteiger partial charge is 0.253 e. The number of fused-ring (bicyclic) bond motifs is 2. The molecule has 2 aliphatic heterocycles. The summed E-state index contributed by atoms with van der Waals surface area (Å²) in [6.07, 6.45) is 0.417. The first-order valence-corrected chi connectivity index (χ1v) is 8.98. The SMILES string of the molecule is CN1CC(C(=O)N2Cc3ccccc3C[C@H]2C(N)=O)c2ccccc2C1=O. The lowest BCUT2D eigenvalue weighted by molar-refractivity contribution is -0.142. The minimum absolute atomic E-state index is 0.0925. The molecular weight excluding hydrogens is 342 g/mol. The molecule has 0 radical (unpaired) electrons. The summed E-state index contributed by atoms with van der Waals surface area (Å²) < 4.78 is 0. The van der Waals surface area contributed by atoms with Gasteiger partial charge in [-0.2, -0.15) is 0 Å². The van der Waals surface area contributed by atoms with E-state index in [-0.39, 0.29) is 18.4 Å². The van der Waals surface area contributed by atoms with E-state index in [0.717, 1.165) is 11.1 Å². The highest BCUT2D eigenvalue weighted by Crippen LogP contribution is 2.32. The molecule has 138 valence electrons. The quantitative estimate of drug-likeness (QED) is 0.873. The Morgan fingerprint density at radius 3 is 2.44 bits per heavy atom. The predicted molar refractivity (Wildman–Crippen MR) is 99.8 cm³/mol. The second kappa shape index (κ2) is 6.54. The van der Waals surface area contributed by atoms with Crippen LogP contribution < -0.4 is 5.73 Å². The largest absolute Gasteiger partial charge is 0.368 e. The lowest BCUT2D eigenvalue weighted by Crippen LogP contribution is -2.54. The molecule has 6 nitrogen and oxygen atoms in total. The fraction of sp³-hybridized carbons (Fsp3) is 0.286. The van der Waals surface area contributed by atoms with E-state index in [1.807, 2.05) is 36.4 Å². The normalized spacial score (nSPS) is 21.4. The molecule has 2 heterocycles. The summed E-state index contributed by atoms with van der Waals surface area (Å²) in [5, 5.41) is 0. The van der Waals surface area contributed by atoms with Gasteiger partial charge < -0.3 is 15.5 Å². The number of amides is 3. The minimum Gasteiger partial charge on any atom is -0.368 e. The minimum atomic E-state index is -0.678. The summed E-state index contributed by atoms with van der Waals surface area (Å²) in [6.45, 7) is 0.636. The molecule has 2 atom stereocenters. The van der Waals surface area contributed by atoms with E-state index in [9.17, 15) is 14.4 Å². The Kier molecular flexibility index (Phi) is 4.18. The highest BCUT2D eigenvalue weighted by Gasteiger charge is 2.40. The second-order valence-electron chi connectivity index (χ2n) is 7.18. The van der Waals surface area contributed by atoms with Gasteiger partial charge in [0.1, 0.15) is 6.04 Å². The molecule has 2 aromatic carbocycles. The molecule has 0 saturated heterocycles. The molecule has 0 aliphatic carbocycles. The van der Waals surface area contributed by atoms with Gasteiger partial charge in [-0.1, -0.05) is 42.5 Å². The van der Waals surface area contributed by atoms with Crippen LogP contribution in [-0.2, 0) is 22.6 Å². The van der Waals surface area contributed by atoms with Crippen molar-refractivity contribution in [1.29, 1.82) is 0 Å². The molecule has 0 spiro atoms. The van der Waals surface area contributed by atoms with Crippen molar-refractivity contribution in [2.45, 2.75) is 24.9 Å². The van der Waals surface area contributed by atoms with Crippen molar-refractivity contribution in [2.75, 3.05) is 13.6 Å². The number of carbonyl (C=O) groups excluding carboxylic acids is 3. The van der Waals surface area contributed by atoms with Gasteiger partial charge in [0.05, 0.1) is 5.92 Å². The van der Waals surface area contributed by atoms with Gasteiger partial charge in [-0.25, -0.2) is 0 Å². The van der Waals surface area contributed by atoms with Gasteiger partial charge in [0.2, 0.25) is 11.8 Å². The van der Waals surface area contributed by atoms with Gasteiger partial charge in [-0.3, -0.25) is 14.4 Å². The van der Waals surface area contributed by atoms with Gasteiger partial charge in [0, 0.05) is 32.1 Å². The van der Waals surface area contributed by atoms with Gasteiger partial charge in [-0.05, 0) is 22.8 Å². The molecule has 0 bridgehead atoms. The van der Waals surface area contributed by atoms with Gasteiger partial charge in [-0.15, -0.1) is 0 Å². The number of nitrogens with two attached hydrogens (primary N) is 1. The maximum absolute atomic E-state index is 13.5. The fourth-order valence-corrected chi connectivity index (χ4v) is 4.08. The first-order chi connectivity index (χ1) is 13.0. The van der Waals surface area contributed by atoms with Crippen molar-refractivity contribution < 1.29 is 14.4 Å². The number of hydrogen-bond donors (Lipinski definition) is 1. The molecule has 2 aromatic rings. The lowest BCUT2D eigenvalue weighted by atomic mass is 9.86. The van der Waals surface area contributed by atoms with E-state index in [1.165, 1.54) is 0 Å². The van der Waals surface area contributed by atoms with Gasteiger partial charge in [0.25, 0.3) is 5.91 Å². The van der Waals surface area contributed by atoms with Crippen LogP contribution in [0, 0.1) is 0 Å². The van der Waals surface area contributed by atoms with Crippen LogP contribution in [-0.4, -0.2) is 47.2 Å². The number of primary amides is 1. The monoisotopic (exact) mass is 363 g/mol. The van der Waals surface area contributed by atoms with Crippen molar-refractivity contribution in [2.24, 2.45) is 5.73 Å². The van der Waals surface area contributed by atoms with Crippen molar-refractivity contribution in [3.63, 3.8) is 0 Å². The van der Waals surface area contributed by atoms with Crippen molar-refractivity contribution in [3.8, 4) is 0 Å².